The number of hydrogen-bond acceptors (Lipinski definition) is 2. The van der Waals surface area contributed by atoms with Crippen molar-refractivity contribution in [2.75, 3.05) is 7.05 Å². The highest BCUT2D eigenvalue weighted by molar-refractivity contribution is 6.31. The highest BCUT2D eigenvalue weighted by atomic mass is 35.5. The number of nitrogens with one attached hydrogen (secondary N) is 1. The van der Waals surface area contributed by atoms with Crippen LogP contribution >= 0.6 is 11.6 Å². The first-order valence-electron chi connectivity index (χ1n) is 6.56. The van der Waals surface area contributed by atoms with Gasteiger partial charge in [0.1, 0.15) is 0 Å². The van der Waals surface area contributed by atoms with Gasteiger partial charge in [0.05, 0.1) is 5.52 Å². The third-order valence-corrected chi connectivity index (χ3v) is 3.72. The van der Waals surface area contributed by atoms with E-state index in [4.69, 9.17) is 11.6 Å². The lowest BCUT2D eigenvalue weighted by atomic mass is 10.0. The zero-order valence-electron chi connectivity index (χ0n) is 11.2. The number of pyridine rings is 1. The van der Waals surface area contributed by atoms with Gasteiger partial charge >= 0.3 is 0 Å². The summed E-state index contributed by atoms with van der Waals surface area (Å²) in [5.74, 6) is 0. The molecule has 0 aliphatic heterocycles. The molecule has 0 radical (unpaired) electrons. The van der Waals surface area contributed by atoms with Crippen molar-refractivity contribution < 1.29 is 0 Å². The molecule has 0 amide bonds. The van der Waals surface area contributed by atoms with Gasteiger partial charge in [0.25, 0.3) is 0 Å². The van der Waals surface area contributed by atoms with E-state index in [1.54, 1.807) is 0 Å². The first-order valence-corrected chi connectivity index (χ1v) is 6.94. The average molecular weight is 283 g/mol. The molecule has 0 unspecified atom stereocenters. The summed E-state index contributed by atoms with van der Waals surface area (Å²) in [6.45, 7) is 0.762. The summed E-state index contributed by atoms with van der Waals surface area (Å²) in [7, 11) is 1.92. The third kappa shape index (κ3) is 2.53. The van der Waals surface area contributed by atoms with E-state index in [0.29, 0.717) is 0 Å². The van der Waals surface area contributed by atoms with Gasteiger partial charge in [0, 0.05) is 23.2 Å². The Labute approximate surface area is 123 Å². The van der Waals surface area contributed by atoms with Crippen molar-refractivity contribution in [3.63, 3.8) is 0 Å². The van der Waals surface area contributed by atoms with E-state index in [0.717, 1.165) is 39.2 Å². The van der Waals surface area contributed by atoms with Crippen LogP contribution in [0, 0.1) is 0 Å². The third-order valence-electron chi connectivity index (χ3n) is 3.35. The van der Waals surface area contributed by atoms with Crippen LogP contribution in [0.1, 0.15) is 5.56 Å². The van der Waals surface area contributed by atoms with Gasteiger partial charge in [-0.3, -0.25) is 4.98 Å². The van der Waals surface area contributed by atoms with Gasteiger partial charge < -0.3 is 5.32 Å². The second-order valence-electron chi connectivity index (χ2n) is 4.75. The second kappa shape index (κ2) is 5.61. The fraction of sp³-hybridized carbons (Fsp3) is 0.118. The Morgan fingerprint density at radius 1 is 1.05 bits per heavy atom. The molecule has 1 heterocycles. The van der Waals surface area contributed by atoms with Crippen molar-refractivity contribution in [3.05, 3.63) is 65.3 Å². The Bertz CT molecular complexity index is 753. The molecule has 0 bridgehead atoms. The Kier molecular flexibility index (Phi) is 3.68. The van der Waals surface area contributed by atoms with E-state index in [9.17, 15) is 0 Å². The Morgan fingerprint density at radius 3 is 2.70 bits per heavy atom. The van der Waals surface area contributed by atoms with E-state index in [1.165, 1.54) is 0 Å². The minimum Gasteiger partial charge on any atom is -0.316 e. The summed E-state index contributed by atoms with van der Waals surface area (Å²) in [4.78, 5) is 4.41. The van der Waals surface area contributed by atoms with Crippen molar-refractivity contribution in [1.82, 2.24) is 10.3 Å². The number of benzene rings is 2. The average Bonchev–Trinajstić information content (AvgIpc) is 2.49. The van der Waals surface area contributed by atoms with Crippen LogP contribution in [0.4, 0.5) is 0 Å². The Hall–Kier alpha value is -1.90. The van der Waals surface area contributed by atoms with Crippen LogP contribution in [0.25, 0.3) is 22.0 Å². The normalized spacial score (nSPS) is 10.9. The van der Waals surface area contributed by atoms with Gasteiger partial charge in [0.15, 0.2) is 0 Å². The number of hydrogen-bond donors (Lipinski definition) is 1. The molecule has 20 heavy (non-hydrogen) atoms. The van der Waals surface area contributed by atoms with Crippen molar-refractivity contribution in [3.8, 4) is 11.1 Å². The lowest BCUT2D eigenvalue weighted by molar-refractivity contribution is 0.818. The first kappa shape index (κ1) is 13.1. The van der Waals surface area contributed by atoms with Crippen LogP contribution in [-0.4, -0.2) is 12.0 Å². The molecule has 2 aromatic carbocycles. The number of aromatic nitrogens is 1. The van der Waals surface area contributed by atoms with E-state index < -0.39 is 0 Å². The largest absolute Gasteiger partial charge is 0.316 e. The number of nitrogens with zero attached hydrogens (tertiary/aromatic N) is 1. The van der Waals surface area contributed by atoms with Gasteiger partial charge in [-0.05, 0) is 48.0 Å². The quantitative estimate of drug-likeness (QED) is 0.776. The maximum atomic E-state index is 6.21. The van der Waals surface area contributed by atoms with Crippen LogP contribution in [0.2, 0.25) is 5.02 Å². The van der Waals surface area contributed by atoms with Crippen molar-refractivity contribution in [2.45, 2.75) is 6.54 Å². The highest BCUT2D eigenvalue weighted by Crippen LogP contribution is 2.27. The van der Waals surface area contributed by atoms with Gasteiger partial charge in [-0.15, -0.1) is 0 Å². The Morgan fingerprint density at radius 2 is 1.85 bits per heavy atom. The van der Waals surface area contributed by atoms with Crippen molar-refractivity contribution >= 4 is 22.5 Å². The van der Waals surface area contributed by atoms with E-state index in [-0.39, 0.29) is 0 Å². The summed E-state index contributed by atoms with van der Waals surface area (Å²) in [5.41, 5.74) is 4.43. The molecule has 0 saturated heterocycles. The van der Waals surface area contributed by atoms with Crippen LogP contribution in [0.5, 0.6) is 0 Å². The summed E-state index contributed by atoms with van der Waals surface area (Å²) < 4.78 is 0. The minimum atomic E-state index is 0.762. The first-order chi connectivity index (χ1) is 9.78. The molecule has 3 rings (SSSR count). The molecule has 2 nitrogen and oxygen atoms in total. The zero-order valence-corrected chi connectivity index (χ0v) is 12.0. The van der Waals surface area contributed by atoms with Gasteiger partial charge in [-0.2, -0.15) is 0 Å². The highest BCUT2D eigenvalue weighted by Gasteiger charge is 2.04. The fourth-order valence-electron chi connectivity index (χ4n) is 2.33. The number of fused-ring (bicyclic) bond motifs is 1. The standard InChI is InChI=1S/C17H15ClN2/c1-19-11-15-9-13(6-7-16(15)18)14-5-4-12-3-2-8-20-17(12)10-14/h2-10,19H,11H2,1H3. The summed E-state index contributed by atoms with van der Waals surface area (Å²) in [6.07, 6.45) is 1.82. The molecule has 0 atom stereocenters. The topological polar surface area (TPSA) is 24.9 Å². The lowest BCUT2D eigenvalue weighted by Crippen LogP contribution is -2.05. The summed E-state index contributed by atoms with van der Waals surface area (Å²) in [6, 6.07) is 16.5. The maximum absolute atomic E-state index is 6.21. The summed E-state index contributed by atoms with van der Waals surface area (Å²) >= 11 is 6.21. The molecular weight excluding hydrogens is 268 g/mol. The Balaban J connectivity index is 2.08. The van der Waals surface area contributed by atoms with Crippen molar-refractivity contribution in [2.24, 2.45) is 0 Å². The molecule has 100 valence electrons. The predicted molar refractivity (Wildman–Crippen MR) is 85.0 cm³/mol. The molecular formula is C17H15ClN2. The van der Waals surface area contributed by atoms with E-state index in [1.807, 2.05) is 31.4 Å². The molecule has 1 aromatic heterocycles. The lowest BCUT2D eigenvalue weighted by Gasteiger charge is -2.08. The molecule has 0 aliphatic carbocycles. The number of halogens is 1. The molecule has 0 fully saturated rings. The van der Waals surface area contributed by atoms with Gasteiger partial charge in [0.2, 0.25) is 0 Å². The minimum absolute atomic E-state index is 0.762. The molecule has 0 aliphatic rings. The molecule has 0 saturated carbocycles. The van der Waals surface area contributed by atoms with Crippen LogP contribution < -0.4 is 5.32 Å². The second-order valence-corrected chi connectivity index (χ2v) is 5.15. The van der Waals surface area contributed by atoms with Crippen LogP contribution in [-0.2, 0) is 6.54 Å². The molecule has 0 spiro atoms. The van der Waals surface area contributed by atoms with Crippen LogP contribution in [0.15, 0.2) is 54.7 Å². The molecule has 1 N–H and O–H groups in total. The van der Waals surface area contributed by atoms with Crippen molar-refractivity contribution in [1.29, 1.82) is 0 Å². The van der Waals surface area contributed by atoms with E-state index in [2.05, 4.69) is 40.6 Å². The predicted octanol–water partition coefficient (Wildman–Crippen LogP) is 4.27. The molecule has 3 aromatic rings. The molecule has 3 heteroatoms. The van der Waals surface area contributed by atoms with Gasteiger partial charge in [-0.25, -0.2) is 0 Å². The van der Waals surface area contributed by atoms with Gasteiger partial charge in [-0.1, -0.05) is 35.9 Å². The zero-order chi connectivity index (χ0) is 13.9. The van der Waals surface area contributed by atoms with Crippen LogP contribution in [0.3, 0.4) is 0 Å². The SMILES string of the molecule is CNCc1cc(-c2ccc3cccnc3c2)ccc1Cl. The smallest absolute Gasteiger partial charge is 0.0708 e. The fourth-order valence-corrected chi connectivity index (χ4v) is 2.51. The summed E-state index contributed by atoms with van der Waals surface area (Å²) in [5, 5.41) is 5.08. The number of rotatable bonds is 3. The maximum Gasteiger partial charge on any atom is 0.0708 e. The monoisotopic (exact) mass is 282 g/mol. The van der Waals surface area contributed by atoms with E-state index >= 15 is 0 Å².